The number of hydrogen-bond acceptors (Lipinski definition) is 5. The summed E-state index contributed by atoms with van der Waals surface area (Å²) in [6.07, 6.45) is 61.4. The van der Waals surface area contributed by atoms with Crippen LogP contribution in [0.1, 0.15) is 258 Å². The molecule has 0 fully saturated rings. The van der Waals surface area contributed by atoms with Crippen LogP contribution in [0.25, 0.3) is 0 Å². The molecule has 3 atom stereocenters. The van der Waals surface area contributed by atoms with E-state index in [-0.39, 0.29) is 24.9 Å². The Balaban J connectivity index is 4.68. The van der Waals surface area contributed by atoms with E-state index in [9.17, 15) is 19.8 Å². The molecule has 6 nitrogen and oxygen atoms in total. The molecule has 0 saturated heterocycles. The second-order valence-corrected chi connectivity index (χ2v) is 17.9. The lowest BCUT2D eigenvalue weighted by Gasteiger charge is -2.24. The number of amides is 1. The van der Waals surface area contributed by atoms with Crippen LogP contribution in [0.3, 0.4) is 0 Å². The van der Waals surface area contributed by atoms with Gasteiger partial charge >= 0.3 is 5.97 Å². The Morgan fingerprint density at radius 2 is 0.887 bits per heavy atom. The van der Waals surface area contributed by atoms with Gasteiger partial charge in [0.1, 0.15) is 6.10 Å². The van der Waals surface area contributed by atoms with E-state index in [1.807, 2.05) is 0 Å². The molecule has 0 aromatic carbocycles. The van der Waals surface area contributed by atoms with E-state index >= 15 is 0 Å². The van der Waals surface area contributed by atoms with Crippen molar-refractivity contribution in [3.05, 3.63) is 60.8 Å². The molecule has 0 rings (SSSR count). The van der Waals surface area contributed by atoms with Crippen molar-refractivity contribution in [1.29, 1.82) is 0 Å². The van der Waals surface area contributed by atoms with Gasteiger partial charge in [0.05, 0.1) is 25.2 Å². The van der Waals surface area contributed by atoms with Crippen molar-refractivity contribution in [1.82, 2.24) is 5.32 Å². The molecule has 0 aliphatic rings. The van der Waals surface area contributed by atoms with Gasteiger partial charge in [-0.25, -0.2) is 0 Å². The predicted molar refractivity (Wildman–Crippen MR) is 268 cm³/mol. The second-order valence-electron chi connectivity index (χ2n) is 17.9. The number of aliphatic hydroxyl groups excluding tert-OH is 2. The van der Waals surface area contributed by atoms with E-state index in [0.717, 1.165) is 83.5 Å². The molecular weight excluding hydrogens is 767 g/mol. The fraction of sp³-hybridized carbons (Fsp3) is 0.786. The first-order chi connectivity index (χ1) is 30.5. The van der Waals surface area contributed by atoms with Crippen LogP contribution in [0.5, 0.6) is 0 Å². The number of hydrogen-bond donors (Lipinski definition) is 3. The molecule has 0 spiro atoms. The molecule has 1 amide bonds. The summed E-state index contributed by atoms with van der Waals surface area (Å²) < 4.78 is 5.90. The van der Waals surface area contributed by atoms with Crippen LogP contribution >= 0.6 is 0 Å². The van der Waals surface area contributed by atoms with Crippen molar-refractivity contribution >= 4 is 11.9 Å². The van der Waals surface area contributed by atoms with Gasteiger partial charge in [-0.1, -0.05) is 223 Å². The smallest absolute Gasteiger partial charge is 0.306 e. The number of rotatable bonds is 47. The maximum absolute atomic E-state index is 13.2. The first kappa shape index (κ1) is 59.6. The van der Waals surface area contributed by atoms with Crippen molar-refractivity contribution < 1.29 is 24.5 Å². The molecule has 0 radical (unpaired) electrons. The van der Waals surface area contributed by atoms with Gasteiger partial charge in [-0.3, -0.25) is 9.59 Å². The van der Waals surface area contributed by atoms with Crippen molar-refractivity contribution in [3.8, 4) is 0 Å². The van der Waals surface area contributed by atoms with Gasteiger partial charge in [0.2, 0.25) is 5.91 Å². The first-order valence-corrected chi connectivity index (χ1v) is 26.5. The molecule has 0 aromatic rings. The molecule has 62 heavy (non-hydrogen) atoms. The molecule has 0 aliphatic heterocycles. The van der Waals surface area contributed by atoms with E-state index in [2.05, 4.69) is 86.8 Å². The topological polar surface area (TPSA) is 95.9 Å². The Bertz CT molecular complexity index is 1110. The average molecular weight is 868 g/mol. The van der Waals surface area contributed by atoms with Crippen LogP contribution in [0.4, 0.5) is 0 Å². The van der Waals surface area contributed by atoms with Gasteiger partial charge in [-0.2, -0.15) is 0 Å². The number of unbranched alkanes of at least 4 members (excludes halogenated alkanes) is 26. The predicted octanol–water partition coefficient (Wildman–Crippen LogP) is 16.0. The molecule has 0 aromatic heterocycles. The lowest BCUT2D eigenvalue weighted by atomic mass is 10.0. The molecule has 3 N–H and O–H groups in total. The van der Waals surface area contributed by atoms with Crippen molar-refractivity contribution in [2.75, 3.05) is 6.61 Å². The van der Waals surface area contributed by atoms with Gasteiger partial charge in [0.25, 0.3) is 0 Å². The fourth-order valence-corrected chi connectivity index (χ4v) is 7.79. The Hall–Kier alpha value is -2.44. The van der Waals surface area contributed by atoms with Gasteiger partial charge < -0.3 is 20.3 Å². The SMILES string of the molecule is CCCCC/C=C\C/C=C\C/C=C\CCCCCCC(=O)OC(CCC/C=C/C=C/CCCCCCCCC)CC(=O)NC(CO)C(O)CCCCCCCCCCCCCC. The highest BCUT2D eigenvalue weighted by Crippen LogP contribution is 2.17. The summed E-state index contributed by atoms with van der Waals surface area (Å²) in [6.45, 7) is 6.43. The molecule has 0 heterocycles. The number of allylic oxidation sites excluding steroid dienone is 10. The van der Waals surface area contributed by atoms with Crippen molar-refractivity contribution in [2.24, 2.45) is 0 Å². The summed E-state index contributed by atoms with van der Waals surface area (Å²) in [5.74, 6) is -0.544. The summed E-state index contributed by atoms with van der Waals surface area (Å²) >= 11 is 0. The summed E-state index contributed by atoms with van der Waals surface area (Å²) in [5, 5.41) is 23.7. The third kappa shape index (κ3) is 44.2. The van der Waals surface area contributed by atoms with E-state index < -0.39 is 18.2 Å². The van der Waals surface area contributed by atoms with Crippen LogP contribution in [-0.4, -0.2) is 46.9 Å². The Kier molecular flexibility index (Phi) is 47.6. The summed E-state index contributed by atoms with van der Waals surface area (Å²) in [6, 6.07) is -0.721. The Labute approximate surface area is 384 Å². The van der Waals surface area contributed by atoms with Crippen molar-refractivity contribution in [2.45, 2.75) is 277 Å². The number of carbonyl (C=O) groups is 2. The zero-order chi connectivity index (χ0) is 45.2. The molecule has 360 valence electrons. The van der Waals surface area contributed by atoms with Gasteiger partial charge in [0, 0.05) is 6.42 Å². The monoisotopic (exact) mass is 868 g/mol. The third-order valence-corrected chi connectivity index (χ3v) is 11.8. The van der Waals surface area contributed by atoms with E-state index in [4.69, 9.17) is 4.74 Å². The zero-order valence-electron chi connectivity index (χ0n) is 41.0. The van der Waals surface area contributed by atoms with E-state index in [0.29, 0.717) is 19.3 Å². The van der Waals surface area contributed by atoms with Gasteiger partial charge in [0.15, 0.2) is 0 Å². The first-order valence-electron chi connectivity index (χ1n) is 26.5. The molecule has 0 saturated carbocycles. The summed E-state index contributed by atoms with van der Waals surface area (Å²) in [4.78, 5) is 26.1. The molecule has 0 bridgehead atoms. The third-order valence-electron chi connectivity index (χ3n) is 11.8. The lowest BCUT2D eigenvalue weighted by molar-refractivity contribution is -0.151. The number of nitrogens with one attached hydrogen (secondary N) is 1. The minimum atomic E-state index is -0.804. The molecular formula is C56H101NO5. The highest BCUT2D eigenvalue weighted by Gasteiger charge is 2.24. The number of ether oxygens (including phenoxy) is 1. The lowest BCUT2D eigenvalue weighted by Crippen LogP contribution is -2.46. The zero-order valence-corrected chi connectivity index (χ0v) is 41.0. The quantitative estimate of drug-likeness (QED) is 0.0245. The van der Waals surface area contributed by atoms with Crippen molar-refractivity contribution in [3.63, 3.8) is 0 Å². The maximum Gasteiger partial charge on any atom is 0.306 e. The molecule has 0 aliphatic carbocycles. The van der Waals surface area contributed by atoms with Crippen LogP contribution in [-0.2, 0) is 14.3 Å². The standard InChI is InChI=1S/C56H101NO5/c1-4-7-10-13-16-19-22-25-27-28-29-31-34-37-40-43-46-49-56(61)62-52(47-44-41-38-35-32-30-26-23-20-17-14-11-8-5-2)50-55(60)57-53(51-58)54(59)48-45-42-39-36-33-24-21-18-15-12-9-6-3/h16,19,25,27,29-32,35,38,52-54,58-59H,4-15,17-18,20-24,26,28,33-34,36-37,39-51H2,1-3H3,(H,57,60)/b19-16-,27-25-,31-29-,32-30+,38-35+. The molecule has 6 heteroatoms. The van der Waals surface area contributed by atoms with Crippen LogP contribution in [0, 0.1) is 0 Å². The Morgan fingerprint density at radius 1 is 0.484 bits per heavy atom. The highest BCUT2D eigenvalue weighted by molar-refractivity contribution is 5.77. The number of esters is 1. The Morgan fingerprint density at radius 3 is 1.40 bits per heavy atom. The normalized spacial score (nSPS) is 13.7. The molecule has 3 unspecified atom stereocenters. The van der Waals surface area contributed by atoms with Crippen LogP contribution in [0.2, 0.25) is 0 Å². The highest BCUT2D eigenvalue weighted by atomic mass is 16.5. The van der Waals surface area contributed by atoms with Gasteiger partial charge in [-0.15, -0.1) is 0 Å². The van der Waals surface area contributed by atoms with E-state index in [1.165, 1.54) is 128 Å². The van der Waals surface area contributed by atoms with Crippen LogP contribution in [0.15, 0.2) is 60.8 Å². The largest absolute Gasteiger partial charge is 0.462 e. The minimum absolute atomic E-state index is 0.0346. The minimum Gasteiger partial charge on any atom is -0.462 e. The van der Waals surface area contributed by atoms with Crippen LogP contribution < -0.4 is 5.32 Å². The summed E-state index contributed by atoms with van der Waals surface area (Å²) in [7, 11) is 0. The van der Waals surface area contributed by atoms with E-state index in [1.54, 1.807) is 0 Å². The van der Waals surface area contributed by atoms with Gasteiger partial charge in [-0.05, 0) is 83.5 Å². The fourth-order valence-electron chi connectivity index (χ4n) is 7.79. The average Bonchev–Trinajstić information content (AvgIpc) is 3.26. The number of aliphatic hydroxyl groups is 2. The number of carbonyl (C=O) groups excluding carboxylic acids is 2. The summed E-state index contributed by atoms with van der Waals surface area (Å²) in [5.41, 5.74) is 0. The second kappa shape index (κ2) is 49.6. The maximum atomic E-state index is 13.2.